The first-order valence-electron chi connectivity index (χ1n) is 8.52. The second-order valence-electron chi connectivity index (χ2n) is 6.60. The summed E-state index contributed by atoms with van der Waals surface area (Å²) in [5.41, 5.74) is 4.94. The van der Waals surface area contributed by atoms with Gasteiger partial charge in [-0.3, -0.25) is 4.72 Å². The molecule has 0 aliphatic heterocycles. The summed E-state index contributed by atoms with van der Waals surface area (Å²) in [5, 5.41) is 0. The molecule has 1 aliphatic carbocycles. The van der Waals surface area contributed by atoms with E-state index in [1.807, 2.05) is 12.1 Å². The van der Waals surface area contributed by atoms with Gasteiger partial charge in [0.2, 0.25) is 10.0 Å². The van der Waals surface area contributed by atoms with Crippen LogP contribution in [0.3, 0.4) is 0 Å². The Morgan fingerprint density at radius 1 is 1.21 bits per heavy atom. The van der Waals surface area contributed by atoms with Crippen molar-refractivity contribution in [3.8, 4) is 0 Å². The van der Waals surface area contributed by atoms with E-state index in [0.717, 1.165) is 39.1 Å². The van der Waals surface area contributed by atoms with Crippen LogP contribution in [0.25, 0.3) is 11.6 Å². The van der Waals surface area contributed by atoms with Crippen molar-refractivity contribution in [3.63, 3.8) is 0 Å². The van der Waals surface area contributed by atoms with Gasteiger partial charge in [0.15, 0.2) is 4.47 Å². The van der Waals surface area contributed by atoms with E-state index in [2.05, 4.69) is 9.71 Å². The largest absolute Gasteiger partial charge is 0.284 e. The zero-order chi connectivity index (χ0) is 19.9. The molecule has 8 heteroatoms. The van der Waals surface area contributed by atoms with Gasteiger partial charge in [0.1, 0.15) is 5.82 Å². The van der Waals surface area contributed by atoms with Crippen LogP contribution >= 0.6 is 22.9 Å². The number of rotatable bonds is 3. The maximum absolute atomic E-state index is 13.8. The Balaban J connectivity index is 1.87. The number of fused-ring (bicyclic) bond motifs is 2. The zero-order valence-corrected chi connectivity index (χ0v) is 17.3. The summed E-state index contributed by atoms with van der Waals surface area (Å²) in [7, 11) is -3.37. The minimum Gasteiger partial charge on any atom is -0.284 e. The van der Waals surface area contributed by atoms with Crippen molar-refractivity contribution < 1.29 is 12.8 Å². The van der Waals surface area contributed by atoms with Crippen LogP contribution in [0.5, 0.6) is 0 Å². The van der Waals surface area contributed by atoms with Gasteiger partial charge in [-0.2, -0.15) is 0 Å². The Kier molecular flexibility index (Phi) is 4.99. The molecule has 1 aliphatic rings. The molecule has 144 valence electrons. The Morgan fingerprint density at radius 3 is 2.82 bits per heavy atom. The van der Waals surface area contributed by atoms with Gasteiger partial charge in [-0.15, -0.1) is 11.3 Å². The molecule has 0 fully saturated rings. The van der Waals surface area contributed by atoms with Crippen molar-refractivity contribution >= 4 is 50.3 Å². The maximum atomic E-state index is 13.8. The van der Waals surface area contributed by atoms with Crippen LogP contribution in [0.1, 0.15) is 27.3 Å². The van der Waals surface area contributed by atoms with Gasteiger partial charge < -0.3 is 0 Å². The molecule has 2 aromatic carbocycles. The first-order chi connectivity index (χ1) is 13.3. The normalized spacial score (nSPS) is 15.0. The van der Waals surface area contributed by atoms with Crippen molar-refractivity contribution in [1.29, 1.82) is 0 Å². The number of thiazole rings is 1. The summed E-state index contributed by atoms with van der Waals surface area (Å²) in [4.78, 5) is 5.39. The quantitative estimate of drug-likeness (QED) is 0.631. The Bertz CT molecular complexity index is 1200. The number of aryl methyl sites for hydroxylation is 2. The standard InChI is InChI=1S/C20H16ClFN2O2S2/c1-28(25,26)24-15-4-2-3-12(9-15)10-17-16-7-6-14(22)11-13(16)5-8-18-19(17)27-20(21)23-18/h2-4,6-7,9-11,24H,5,8H2,1H3. The SMILES string of the molecule is CS(=O)(=O)Nc1cccc(C=C2c3ccc(F)cc3CCc3nc(Cl)sc32)c1. The number of sulfonamides is 1. The van der Waals surface area contributed by atoms with Crippen molar-refractivity contribution in [1.82, 2.24) is 4.98 Å². The highest BCUT2D eigenvalue weighted by Gasteiger charge is 2.22. The van der Waals surface area contributed by atoms with E-state index in [1.165, 1.54) is 17.4 Å². The van der Waals surface area contributed by atoms with E-state index in [4.69, 9.17) is 11.6 Å². The Hall–Kier alpha value is -2.22. The van der Waals surface area contributed by atoms with E-state index in [9.17, 15) is 12.8 Å². The molecular weight excluding hydrogens is 419 g/mol. The fourth-order valence-electron chi connectivity index (χ4n) is 3.33. The lowest BCUT2D eigenvalue weighted by Gasteiger charge is -2.10. The topological polar surface area (TPSA) is 59.1 Å². The lowest BCUT2D eigenvalue weighted by atomic mass is 9.97. The molecular formula is C20H16ClFN2O2S2. The summed E-state index contributed by atoms with van der Waals surface area (Å²) in [5.74, 6) is -0.270. The van der Waals surface area contributed by atoms with Gasteiger partial charge in [-0.05, 0) is 59.9 Å². The Labute approximate surface area is 171 Å². The van der Waals surface area contributed by atoms with Gasteiger partial charge in [-0.1, -0.05) is 29.8 Å². The van der Waals surface area contributed by atoms with Gasteiger partial charge in [-0.25, -0.2) is 17.8 Å². The summed E-state index contributed by atoms with van der Waals surface area (Å²) >= 11 is 7.56. The lowest BCUT2D eigenvalue weighted by molar-refractivity contribution is 0.607. The molecule has 0 radical (unpaired) electrons. The molecule has 28 heavy (non-hydrogen) atoms. The van der Waals surface area contributed by atoms with Crippen LogP contribution in [-0.4, -0.2) is 19.7 Å². The smallest absolute Gasteiger partial charge is 0.229 e. The van der Waals surface area contributed by atoms with Crippen molar-refractivity contribution in [2.45, 2.75) is 12.8 Å². The van der Waals surface area contributed by atoms with Crippen molar-refractivity contribution in [2.24, 2.45) is 0 Å². The number of halogens is 2. The molecule has 4 nitrogen and oxygen atoms in total. The third-order valence-electron chi connectivity index (χ3n) is 4.41. The van der Waals surface area contributed by atoms with Crippen LogP contribution in [0.2, 0.25) is 4.47 Å². The number of benzene rings is 2. The molecule has 3 aromatic rings. The fraction of sp³-hybridized carbons (Fsp3) is 0.150. The molecule has 0 saturated carbocycles. The first kappa shape index (κ1) is 19.1. The monoisotopic (exact) mass is 434 g/mol. The summed E-state index contributed by atoms with van der Waals surface area (Å²) in [6, 6.07) is 11.9. The third-order valence-corrected chi connectivity index (χ3v) is 6.25. The number of nitrogens with zero attached hydrogens (tertiary/aromatic N) is 1. The van der Waals surface area contributed by atoms with Crippen LogP contribution in [0.15, 0.2) is 42.5 Å². The van der Waals surface area contributed by atoms with E-state index in [-0.39, 0.29) is 5.82 Å². The average Bonchev–Trinajstić information content (AvgIpc) is 2.92. The van der Waals surface area contributed by atoms with Gasteiger partial charge >= 0.3 is 0 Å². The molecule has 1 aromatic heterocycles. The van der Waals surface area contributed by atoms with Crippen molar-refractivity contribution in [2.75, 3.05) is 11.0 Å². The molecule has 0 spiro atoms. The lowest BCUT2D eigenvalue weighted by Crippen LogP contribution is -2.09. The molecule has 0 amide bonds. The predicted molar refractivity (Wildman–Crippen MR) is 113 cm³/mol. The third kappa shape index (κ3) is 4.11. The number of hydrogen-bond donors (Lipinski definition) is 1. The number of anilines is 1. The highest BCUT2D eigenvalue weighted by Crippen LogP contribution is 2.39. The van der Waals surface area contributed by atoms with Gasteiger partial charge in [0, 0.05) is 11.3 Å². The zero-order valence-electron chi connectivity index (χ0n) is 14.9. The highest BCUT2D eigenvalue weighted by molar-refractivity contribution is 7.92. The van der Waals surface area contributed by atoms with Crippen LogP contribution < -0.4 is 4.72 Å². The molecule has 4 rings (SSSR count). The average molecular weight is 435 g/mol. The van der Waals surface area contributed by atoms with E-state index in [1.54, 1.807) is 30.3 Å². The Morgan fingerprint density at radius 2 is 2.04 bits per heavy atom. The highest BCUT2D eigenvalue weighted by atomic mass is 35.5. The van der Waals surface area contributed by atoms with Crippen molar-refractivity contribution in [3.05, 3.63) is 80.0 Å². The molecule has 1 heterocycles. The summed E-state index contributed by atoms with van der Waals surface area (Å²) in [6.07, 6.45) is 4.43. The summed E-state index contributed by atoms with van der Waals surface area (Å²) in [6.45, 7) is 0. The summed E-state index contributed by atoms with van der Waals surface area (Å²) < 4.78 is 39.8. The van der Waals surface area contributed by atoms with Crippen LogP contribution in [0.4, 0.5) is 10.1 Å². The molecule has 0 bridgehead atoms. The minimum absolute atomic E-state index is 0.270. The second kappa shape index (κ2) is 7.31. The van der Waals surface area contributed by atoms with Gasteiger partial charge in [0.05, 0.1) is 16.8 Å². The van der Waals surface area contributed by atoms with E-state index < -0.39 is 10.0 Å². The molecule has 1 N–H and O–H groups in total. The van der Waals surface area contributed by atoms with E-state index >= 15 is 0 Å². The fourth-order valence-corrected chi connectivity index (χ4v) is 5.08. The minimum atomic E-state index is -3.37. The number of aromatic nitrogens is 1. The molecule has 0 unspecified atom stereocenters. The molecule has 0 atom stereocenters. The second-order valence-corrected chi connectivity index (χ2v) is 9.93. The van der Waals surface area contributed by atoms with Gasteiger partial charge in [0.25, 0.3) is 0 Å². The van der Waals surface area contributed by atoms with Crippen LogP contribution in [0, 0.1) is 5.82 Å². The maximum Gasteiger partial charge on any atom is 0.229 e. The number of hydrogen-bond acceptors (Lipinski definition) is 4. The first-order valence-corrected chi connectivity index (χ1v) is 11.6. The number of nitrogens with one attached hydrogen (secondary N) is 1. The van der Waals surface area contributed by atoms with Crippen LogP contribution in [-0.2, 0) is 22.9 Å². The predicted octanol–water partition coefficient (Wildman–Crippen LogP) is 4.99. The molecule has 0 saturated heterocycles. The van der Waals surface area contributed by atoms with E-state index in [0.29, 0.717) is 23.0 Å².